The van der Waals surface area contributed by atoms with Crippen LogP contribution in [0.25, 0.3) is 0 Å². The van der Waals surface area contributed by atoms with E-state index >= 15 is 0 Å². The number of aromatic nitrogens is 3. The number of aromatic hydroxyl groups is 1. The van der Waals surface area contributed by atoms with E-state index in [2.05, 4.69) is 10.2 Å². The van der Waals surface area contributed by atoms with Gasteiger partial charge in [-0.05, 0) is 18.2 Å². The number of phenolic OH excluding ortho intramolecular Hbond substituents is 1. The highest BCUT2D eigenvalue weighted by Crippen LogP contribution is 2.22. The first-order valence-electron chi connectivity index (χ1n) is 5.06. The fourth-order valence-electron chi connectivity index (χ4n) is 1.34. The maximum atomic E-state index is 13.0. The Hall–Kier alpha value is -1.89. The number of Topliss-reactive ketones (excluding diaryl/α,β-unsaturated/α-hetero) is 1. The van der Waals surface area contributed by atoms with Gasteiger partial charge in [-0.15, -0.1) is 10.2 Å². The third kappa shape index (κ3) is 2.67. The molecule has 0 aliphatic rings. The fraction of sp³-hybridized carbons (Fsp3) is 0.182. The monoisotopic (exact) mass is 267 g/mol. The molecular weight excluding hydrogens is 257 g/mol. The lowest BCUT2D eigenvalue weighted by Crippen LogP contribution is -2.04. The first kappa shape index (κ1) is 12.6. The zero-order valence-electron chi connectivity index (χ0n) is 9.50. The minimum absolute atomic E-state index is 0.0235. The third-order valence-electron chi connectivity index (χ3n) is 2.26. The van der Waals surface area contributed by atoms with Crippen LogP contribution in [0.5, 0.6) is 5.75 Å². The van der Waals surface area contributed by atoms with Crippen molar-refractivity contribution in [2.75, 3.05) is 5.75 Å². The van der Waals surface area contributed by atoms with Crippen LogP contribution in [0.4, 0.5) is 4.39 Å². The normalized spacial score (nSPS) is 10.6. The Bertz CT molecular complexity index is 585. The Kier molecular flexibility index (Phi) is 3.61. The van der Waals surface area contributed by atoms with Gasteiger partial charge in [-0.3, -0.25) is 4.79 Å². The van der Waals surface area contributed by atoms with Gasteiger partial charge in [-0.25, -0.2) is 4.39 Å². The lowest BCUT2D eigenvalue weighted by Gasteiger charge is -2.03. The maximum absolute atomic E-state index is 13.0. The van der Waals surface area contributed by atoms with Crippen LogP contribution in [0.1, 0.15) is 10.4 Å². The van der Waals surface area contributed by atoms with Gasteiger partial charge in [-0.2, -0.15) is 0 Å². The number of carbonyl (C=O) groups excluding carboxylic acids is 1. The number of thioether (sulfide) groups is 1. The smallest absolute Gasteiger partial charge is 0.191 e. The summed E-state index contributed by atoms with van der Waals surface area (Å²) in [6.07, 6.45) is 1.52. The maximum Gasteiger partial charge on any atom is 0.191 e. The van der Waals surface area contributed by atoms with Crippen LogP contribution in [0, 0.1) is 5.82 Å². The van der Waals surface area contributed by atoms with E-state index in [-0.39, 0.29) is 22.8 Å². The Morgan fingerprint density at radius 3 is 3.00 bits per heavy atom. The van der Waals surface area contributed by atoms with E-state index in [0.29, 0.717) is 5.16 Å². The van der Waals surface area contributed by atoms with Crippen LogP contribution in [0.2, 0.25) is 0 Å². The molecule has 0 spiro atoms. The predicted molar refractivity (Wildman–Crippen MR) is 64.1 cm³/mol. The second-order valence-corrected chi connectivity index (χ2v) is 4.54. The zero-order valence-corrected chi connectivity index (χ0v) is 10.3. The number of benzene rings is 1. The number of carbonyl (C=O) groups is 1. The summed E-state index contributed by atoms with van der Waals surface area (Å²) < 4.78 is 14.7. The van der Waals surface area contributed by atoms with Crippen molar-refractivity contribution in [3.8, 4) is 5.75 Å². The molecule has 94 valence electrons. The number of hydrogen-bond acceptors (Lipinski definition) is 5. The summed E-state index contributed by atoms with van der Waals surface area (Å²) in [6.45, 7) is 0. The number of halogens is 1. The summed E-state index contributed by atoms with van der Waals surface area (Å²) >= 11 is 1.18. The van der Waals surface area contributed by atoms with E-state index in [1.54, 1.807) is 11.6 Å². The molecule has 1 N–H and O–H groups in total. The number of hydrogen-bond donors (Lipinski definition) is 1. The second-order valence-electron chi connectivity index (χ2n) is 3.60. The van der Waals surface area contributed by atoms with Crippen molar-refractivity contribution in [3.05, 3.63) is 35.9 Å². The average molecular weight is 267 g/mol. The molecular formula is C11H10FN3O2S. The van der Waals surface area contributed by atoms with Crippen molar-refractivity contribution in [1.82, 2.24) is 14.8 Å². The van der Waals surface area contributed by atoms with Crippen LogP contribution in [0.3, 0.4) is 0 Å². The zero-order chi connectivity index (χ0) is 13.1. The summed E-state index contributed by atoms with van der Waals surface area (Å²) in [4.78, 5) is 11.8. The van der Waals surface area contributed by atoms with Gasteiger partial charge in [0.15, 0.2) is 10.9 Å². The Labute approximate surface area is 107 Å². The molecule has 0 aliphatic carbocycles. The molecule has 0 amide bonds. The Morgan fingerprint density at radius 1 is 1.56 bits per heavy atom. The van der Waals surface area contributed by atoms with Crippen LogP contribution < -0.4 is 0 Å². The van der Waals surface area contributed by atoms with Crippen molar-refractivity contribution in [2.24, 2.45) is 7.05 Å². The summed E-state index contributed by atoms with van der Waals surface area (Å²) in [6, 6.07) is 3.28. The summed E-state index contributed by atoms with van der Waals surface area (Å²) in [7, 11) is 1.76. The van der Waals surface area contributed by atoms with E-state index in [9.17, 15) is 14.3 Å². The molecule has 0 aliphatic heterocycles. The van der Waals surface area contributed by atoms with E-state index in [1.165, 1.54) is 18.1 Å². The van der Waals surface area contributed by atoms with Gasteiger partial charge in [0.1, 0.15) is 17.9 Å². The molecule has 18 heavy (non-hydrogen) atoms. The van der Waals surface area contributed by atoms with Gasteiger partial charge >= 0.3 is 0 Å². The van der Waals surface area contributed by atoms with Gasteiger partial charge in [0.2, 0.25) is 0 Å². The van der Waals surface area contributed by atoms with Crippen LogP contribution in [0.15, 0.2) is 29.7 Å². The number of rotatable bonds is 4. The van der Waals surface area contributed by atoms with Crippen molar-refractivity contribution < 1.29 is 14.3 Å². The van der Waals surface area contributed by atoms with Gasteiger partial charge in [0.25, 0.3) is 0 Å². The minimum atomic E-state index is -0.556. The molecule has 2 rings (SSSR count). The molecule has 0 fully saturated rings. The molecule has 0 saturated heterocycles. The second kappa shape index (κ2) is 5.18. The van der Waals surface area contributed by atoms with E-state index in [0.717, 1.165) is 18.2 Å². The van der Waals surface area contributed by atoms with Crippen LogP contribution >= 0.6 is 11.8 Å². The molecule has 2 aromatic rings. The molecule has 0 atom stereocenters. The quantitative estimate of drug-likeness (QED) is 0.673. The molecule has 0 saturated carbocycles. The highest BCUT2D eigenvalue weighted by Gasteiger charge is 2.14. The van der Waals surface area contributed by atoms with E-state index in [1.807, 2.05) is 0 Å². The molecule has 1 aromatic heterocycles. The standard InChI is InChI=1S/C11H10FN3O2S/c1-15-6-13-14-11(15)18-5-10(17)8-4-7(12)2-3-9(8)16/h2-4,6,16H,5H2,1H3. The first-order valence-corrected chi connectivity index (χ1v) is 6.05. The Morgan fingerprint density at radius 2 is 2.33 bits per heavy atom. The summed E-state index contributed by atoms with van der Waals surface area (Å²) in [5.41, 5.74) is -0.0235. The predicted octanol–water partition coefficient (Wildman–Crippen LogP) is 1.63. The van der Waals surface area contributed by atoms with E-state index in [4.69, 9.17) is 0 Å². The average Bonchev–Trinajstić information content (AvgIpc) is 2.75. The first-order chi connectivity index (χ1) is 8.58. The molecule has 0 bridgehead atoms. The van der Waals surface area contributed by atoms with Gasteiger partial charge in [0, 0.05) is 7.05 Å². The number of aryl methyl sites for hydroxylation is 1. The van der Waals surface area contributed by atoms with Crippen molar-refractivity contribution in [2.45, 2.75) is 5.16 Å². The molecule has 5 nitrogen and oxygen atoms in total. The van der Waals surface area contributed by atoms with Crippen molar-refractivity contribution >= 4 is 17.5 Å². The lowest BCUT2D eigenvalue weighted by atomic mass is 10.1. The summed E-state index contributed by atoms with van der Waals surface area (Å²) in [5.74, 6) is -1.08. The van der Waals surface area contributed by atoms with Crippen molar-refractivity contribution in [3.63, 3.8) is 0 Å². The minimum Gasteiger partial charge on any atom is -0.507 e. The van der Waals surface area contributed by atoms with Crippen LogP contribution in [-0.2, 0) is 7.05 Å². The third-order valence-corrected chi connectivity index (χ3v) is 3.30. The molecule has 1 aromatic carbocycles. The highest BCUT2D eigenvalue weighted by molar-refractivity contribution is 7.99. The Balaban J connectivity index is 2.08. The number of phenols is 1. The summed E-state index contributed by atoms with van der Waals surface area (Å²) in [5, 5.41) is 17.6. The van der Waals surface area contributed by atoms with E-state index < -0.39 is 5.82 Å². The molecule has 1 heterocycles. The van der Waals surface area contributed by atoms with Gasteiger partial charge < -0.3 is 9.67 Å². The van der Waals surface area contributed by atoms with Gasteiger partial charge in [0.05, 0.1) is 11.3 Å². The highest BCUT2D eigenvalue weighted by atomic mass is 32.2. The largest absolute Gasteiger partial charge is 0.507 e. The fourth-order valence-corrected chi connectivity index (χ4v) is 2.11. The van der Waals surface area contributed by atoms with Crippen LogP contribution in [-0.4, -0.2) is 31.4 Å². The molecule has 7 heteroatoms. The molecule has 0 radical (unpaired) electrons. The topological polar surface area (TPSA) is 68.0 Å². The van der Waals surface area contributed by atoms with Gasteiger partial charge in [-0.1, -0.05) is 11.8 Å². The SMILES string of the molecule is Cn1cnnc1SCC(=O)c1cc(F)ccc1O. The number of ketones is 1. The van der Waals surface area contributed by atoms with Crippen molar-refractivity contribution in [1.29, 1.82) is 0 Å². The molecule has 0 unspecified atom stereocenters. The lowest BCUT2D eigenvalue weighted by molar-refractivity contribution is 0.101. The number of nitrogens with zero attached hydrogens (tertiary/aromatic N) is 3.